The number of pyridine rings is 2. The molecule has 0 saturated carbocycles. The van der Waals surface area contributed by atoms with Gasteiger partial charge in [0.1, 0.15) is 17.5 Å². The Morgan fingerprint density at radius 3 is 2.00 bits per heavy atom. The number of carbonyl (C=O) groups is 1. The molecule has 0 N–H and O–H groups in total. The minimum Gasteiger partial charge on any atom is -0.293 e. The van der Waals surface area contributed by atoms with Crippen molar-refractivity contribution in [1.82, 2.24) is 9.97 Å². The number of nitriles is 1. The lowest BCUT2D eigenvalue weighted by molar-refractivity contribution is 0.101. The number of hydrogen-bond donors (Lipinski definition) is 0. The normalized spacial score (nSPS) is 9.33. The van der Waals surface area contributed by atoms with Crippen molar-refractivity contribution in [1.29, 1.82) is 5.26 Å². The highest BCUT2D eigenvalue weighted by Gasteiger charge is 2.02. The van der Waals surface area contributed by atoms with E-state index in [0.29, 0.717) is 21.4 Å². The molecule has 0 aliphatic rings. The van der Waals surface area contributed by atoms with Crippen molar-refractivity contribution < 1.29 is 4.79 Å². The number of rotatable bonds is 1. The molecule has 2 aromatic heterocycles. The van der Waals surface area contributed by atoms with Crippen LogP contribution in [-0.2, 0) is 0 Å². The summed E-state index contributed by atoms with van der Waals surface area (Å²) in [7, 11) is 0. The van der Waals surface area contributed by atoms with Gasteiger partial charge in [0, 0.05) is 28.4 Å². The van der Waals surface area contributed by atoms with E-state index >= 15 is 0 Å². The monoisotopic (exact) mass is 321 g/mol. The first kappa shape index (κ1) is 17.1. The van der Waals surface area contributed by atoms with Gasteiger partial charge in [-0.15, -0.1) is 0 Å². The second-order valence-electron chi connectivity index (χ2n) is 4.29. The molecule has 6 heteroatoms. The maximum absolute atomic E-state index is 10.8. The lowest BCUT2D eigenvalue weighted by atomic mass is 10.2. The van der Waals surface area contributed by atoms with E-state index in [1.54, 1.807) is 32.0 Å². The van der Waals surface area contributed by atoms with Crippen LogP contribution in [-0.4, -0.2) is 15.8 Å². The van der Waals surface area contributed by atoms with Crippen molar-refractivity contribution in [3.63, 3.8) is 0 Å². The quantitative estimate of drug-likeness (QED) is 0.739. The summed E-state index contributed by atoms with van der Waals surface area (Å²) in [5.74, 6) is -0.0596. The highest BCUT2D eigenvalue weighted by Crippen LogP contribution is 2.11. The third-order valence-electron chi connectivity index (χ3n) is 2.31. The van der Waals surface area contributed by atoms with E-state index in [9.17, 15) is 4.79 Å². The third kappa shape index (κ3) is 5.90. The van der Waals surface area contributed by atoms with Gasteiger partial charge in [0.25, 0.3) is 0 Å². The Morgan fingerprint density at radius 2 is 1.57 bits per heavy atom. The van der Waals surface area contributed by atoms with Crippen LogP contribution in [0.2, 0.25) is 10.0 Å². The molecule has 2 aromatic rings. The summed E-state index contributed by atoms with van der Waals surface area (Å²) in [4.78, 5) is 18.7. The van der Waals surface area contributed by atoms with Gasteiger partial charge in [-0.3, -0.25) is 4.79 Å². The van der Waals surface area contributed by atoms with Gasteiger partial charge in [-0.25, -0.2) is 9.97 Å². The fourth-order valence-corrected chi connectivity index (χ4v) is 2.01. The van der Waals surface area contributed by atoms with Crippen LogP contribution in [0, 0.1) is 25.2 Å². The molecule has 21 heavy (non-hydrogen) atoms. The van der Waals surface area contributed by atoms with Crippen LogP contribution in [0.1, 0.15) is 34.5 Å². The number of nitrogens with zero attached hydrogens (tertiary/aromatic N) is 3. The Bertz CT molecular complexity index is 668. The number of Topliss-reactive ketones (excluding diaryl/α,β-unsaturated/α-hetero) is 1. The summed E-state index contributed by atoms with van der Waals surface area (Å²) in [6, 6.07) is 8.44. The van der Waals surface area contributed by atoms with Crippen LogP contribution < -0.4 is 0 Å². The van der Waals surface area contributed by atoms with E-state index in [-0.39, 0.29) is 5.78 Å². The number of halogens is 2. The van der Waals surface area contributed by atoms with Gasteiger partial charge in [-0.05, 0) is 38.1 Å². The average molecular weight is 322 g/mol. The molecule has 0 aliphatic heterocycles. The van der Waals surface area contributed by atoms with E-state index in [1.807, 2.05) is 6.07 Å². The fourth-order valence-electron chi connectivity index (χ4n) is 1.49. The van der Waals surface area contributed by atoms with E-state index < -0.39 is 0 Å². The first-order chi connectivity index (χ1) is 9.81. The predicted octanol–water partition coefficient (Wildman–Crippen LogP) is 4.16. The summed E-state index contributed by atoms with van der Waals surface area (Å²) in [6.45, 7) is 5.07. The number of carbonyl (C=O) groups excluding carboxylic acids is 1. The van der Waals surface area contributed by atoms with Crippen molar-refractivity contribution >= 4 is 29.0 Å². The predicted molar refractivity (Wildman–Crippen MR) is 82.7 cm³/mol. The molecule has 0 fully saturated rings. The van der Waals surface area contributed by atoms with Crippen molar-refractivity contribution in [2.75, 3.05) is 0 Å². The van der Waals surface area contributed by atoms with Crippen LogP contribution in [0.3, 0.4) is 0 Å². The van der Waals surface area contributed by atoms with Gasteiger partial charge in [0.05, 0.1) is 0 Å². The third-order valence-corrected chi connectivity index (χ3v) is 2.75. The Labute approximate surface area is 133 Å². The van der Waals surface area contributed by atoms with E-state index in [4.69, 9.17) is 28.5 Å². The van der Waals surface area contributed by atoms with Crippen molar-refractivity contribution in [2.24, 2.45) is 0 Å². The minimum absolute atomic E-state index is 0.0596. The zero-order chi connectivity index (χ0) is 16.0. The molecular formula is C15H13Cl2N3O. The SMILES string of the molecule is CC(=O)c1cc(Cl)cc(C)n1.Cc1cc(Cl)cc(C#N)n1. The van der Waals surface area contributed by atoms with E-state index in [2.05, 4.69) is 9.97 Å². The van der Waals surface area contributed by atoms with Crippen molar-refractivity contribution in [3.8, 4) is 6.07 Å². The number of aryl methyl sites for hydroxylation is 2. The van der Waals surface area contributed by atoms with Gasteiger partial charge in [0.2, 0.25) is 0 Å². The van der Waals surface area contributed by atoms with Gasteiger partial charge >= 0.3 is 0 Å². The summed E-state index contributed by atoms with van der Waals surface area (Å²) in [5, 5.41) is 9.53. The topological polar surface area (TPSA) is 66.6 Å². The second kappa shape index (κ2) is 7.72. The second-order valence-corrected chi connectivity index (χ2v) is 5.16. The molecule has 2 heterocycles. The van der Waals surface area contributed by atoms with Crippen LogP contribution in [0.25, 0.3) is 0 Å². The van der Waals surface area contributed by atoms with Gasteiger partial charge in [0.15, 0.2) is 5.78 Å². The number of ketones is 1. The van der Waals surface area contributed by atoms with Crippen molar-refractivity contribution in [2.45, 2.75) is 20.8 Å². The maximum atomic E-state index is 10.8. The molecule has 0 saturated heterocycles. The molecule has 0 unspecified atom stereocenters. The van der Waals surface area contributed by atoms with Gasteiger partial charge in [-0.2, -0.15) is 5.26 Å². The van der Waals surface area contributed by atoms with E-state index in [1.165, 1.54) is 13.0 Å². The zero-order valence-corrected chi connectivity index (χ0v) is 13.3. The van der Waals surface area contributed by atoms with Gasteiger partial charge in [-0.1, -0.05) is 23.2 Å². The molecule has 0 atom stereocenters. The number of hydrogen-bond acceptors (Lipinski definition) is 4. The largest absolute Gasteiger partial charge is 0.293 e. The highest BCUT2D eigenvalue weighted by molar-refractivity contribution is 6.31. The Balaban J connectivity index is 0.000000211. The molecule has 2 rings (SSSR count). The maximum Gasteiger partial charge on any atom is 0.178 e. The Hall–Kier alpha value is -1.96. The lowest BCUT2D eigenvalue weighted by Crippen LogP contribution is -1.97. The molecule has 0 amide bonds. The minimum atomic E-state index is -0.0596. The Kier molecular flexibility index (Phi) is 6.29. The number of aromatic nitrogens is 2. The van der Waals surface area contributed by atoms with E-state index in [0.717, 1.165) is 11.4 Å². The molecule has 0 radical (unpaired) electrons. The molecular weight excluding hydrogens is 309 g/mol. The molecule has 0 bridgehead atoms. The molecule has 0 aliphatic carbocycles. The first-order valence-electron chi connectivity index (χ1n) is 6.01. The summed E-state index contributed by atoms with van der Waals surface area (Å²) in [6.07, 6.45) is 0. The van der Waals surface area contributed by atoms with Gasteiger partial charge < -0.3 is 0 Å². The lowest BCUT2D eigenvalue weighted by Gasteiger charge is -1.97. The van der Waals surface area contributed by atoms with Crippen molar-refractivity contribution in [3.05, 3.63) is 57.1 Å². The van der Waals surface area contributed by atoms with Crippen LogP contribution in [0.15, 0.2) is 24.3 Å². The Morgan fingerprint density at radius 1 is 1.05 bits per heavy atom. The molecule has 0 spiro atoms. The molecule has 4 nitrogen and oxygen atoms in total. The highest BCUT2D eigenvalue weighted by atomic mass is 35.5. The standard InChI is InChI=1S/C8H8ClNO.C7H5ClN2/c1-5-3-7(9)4-8(10-5)6(2)11;1-5-2-6(8)3-7(4-9)10-5/h3-4H,1-2H3;2-3H,1H3. The van der Waals surface area contributed by atoms with Crippen LogP contribution >= 0.6 is 23.2 Å². The smallest absolute Gasteiger partial charge is 0.178 e. The summed E-state index contributed by atoms with van der Waals surface area (Å²) >= 11 is 11.3. The first-order valence-corrected chi connectivity index (χ1v) is 6.77. The molecule has 0 aromatic carbocycles. The summed E-state index contributed by atoms with van der Waals surface area (Å²) in [5.41, 5.74) is 2.33. The molecule has 108 valence electrons. The van der Waals surface area contributed by atoms with Crippen LogP contribution in [0.5, 0.6) is 0 Å². The fraction of sp³-hybridized carbons (Fsp3) is 0.200. The summed E-state index contributed by atoms with van der Waals surface area (Å²) < 4.78 is 0. The average Bonchev–Trinajstić information content (AvgIpc) is 2.37. The zero-order valence-electron chi connectivity index (χ0n) is 11.8. The van der Waals surface area contributed by atoms with Crippen LogP contribution in [0.4, 0.5) is 0 Å².